The maximum Gasteiger partial charge on any atom is 0.424 e. The Kier molecular flexibility index (Phi) is 4.80. The Morgan fingerprint density at radius 2 is 2.10 bits per heavy atom. The Bertz CT molecular complexity index is 471. The van der Waals surface area contributed by atoms with Gasteiger partial charge < -0.3 is 15.0 Å². The highest BCUT2D eigenvalue weighted by Gasteiger charge is 2.57. The summed E-state index contributed by atoms with van der Waals surface area (Å²) >= 11 is 0. The van der Waals surface area contributed by atoms with Crippen LogP contribution in [0.5, 0.6) is 0 Å². The number of rotatable bonds is 5. The van der Waals surface area contributed by atoms with Crippen molar-refractivity contribution in [2.45, 2.75) is 32.0 Å². The number of carbonyl (C=O) groups is 1. The predicted octanol–water partition coefficient (Wildman–Crippen LogP) is 1.33. The molecule has 1 aromatic rings. The summed E-state index contributed by atoms with van der Waals surface area (Å²) in [5.41, 5.74) is -3.09. The van der Waals surface area contributed by atoms with Crippen LogP contribution in [0.4, 0.5) is 13.2 Å². The maximum atomic E-state index is 13.1. The quantitative estimate of drug-likeness (QED) is 0.860. The fourth-order valence-corrected chi connectivity index (χ4v) is 1.72. The zero-order chi connectivity index (χ0) is 15.6. The first-order valence-electron chi connectivity index (χ1n) is 6.14. The van der Waals surface area contributed by atoms with Gasteiger partial charge in [-0.1, -0.05) is 13.8 Å². The summed E-state index contributed by atoms with van der Waals surface area (Å²) in [7, 11) is 1.37. The van der Waals surface area contributed by atoms with Crippen molar-refractivity contribution < 1.29 is 23.1 Å². The molecule has 0 saturated heterocycles. The highest BCUT2D eigenvalue weighted by atomic mass is 19.4. The van der Waals surface area contributed by atoms with Gasteiger partial charge in [0.15, 0.2) is 0 Å². The lowest BCUT2D eigenvalue weighted by Gasteiger charge is -2.30. The number of carbonyl (C=O) groups excluding carboxylic acids is 1. The van der Waals surface area contributed by atoms with Gasteiger partial charge in [-0.05, 0) is 0 Å². The molecule has 1 heterocycles. The second-order valence-electron chi connectivity index (χ2n) is 4.92. The molecule has 0 aliphatic carbocycles. The van der Waals surface area contributed by atoms with Gasteiger partial charge >= 0.3 is 6.18 Å². The number of imidazole rings is 1. The van der Waals surface area contributed by atoms with Gasteiger partial charge in [-0.25, -0.2) is 4.98 Å². The van der Waals surface area contributed by atoms with Gasteiger partial charge in [-0.2, -0.15) is 13.2 Å². The van der Waals surface area contributed by atoms with Gasteiger partial charge in [0.25, 0.3) is 0 Å². The third-order valence-corrected chi connectivity index (χ3v) is 2.97. The van der Waals surface area contributed by atoms with Gasteiger partial charge in [0.05, 0.1) is 0 Å². The van der Waals surface area contributed by atoms with Crippen molar-refractivity contribution in [1.82, 2.24) is 14.9 Å². The Hall–Kier alpha value is -1.57. The zero-order valence-electron chi connectivity index (χ0n) is 11.5. The molecule has 8 heteroatoms. The largest absolute Gasteiger partial charge is 0.424 e. The van der Waals surface area contributed by atoms with Crippen LogP contribution in [0.3, 0.4) is 0 Å². The Balaban J connectivity index is 2.87. The lowest BCUT2D eigenvalue weighted by molar-refractivity contribution is -0.272. The molecule has 1 atom stereocenters. The van der Waals surface area contributed by atoms with E-state index in [1.54, 1.807) is 13.8 Å². The SMILES string of the molecule is CC(C)C(=O)NCCC(O)(c1nccn1C)C(F)(F)F. The fourth-order valence-electron chi connectivity index (χ4n) is 1.72. The molecule has 0 saturated carbocycles. The summed E-state index contributed by atoms with van der Waals surface area (Å²) in [6.45, 7) is 2.97. The summed E-state index contributed by atoms with van der Waals surface area (Å²) < 4.78 is 40.5. The topological polar surface area (TPSA) is 67.2 Å². The van der Waals surface area contributed by atoms with E-state index in [4.69, 9.17) is 0 Å². The van der Waals surface area contributed by atoms with E-state index in [1.807, 2.05) is 0 Å². The highest BCUT2D eigenvalue weighted by Crippen LogP contribution is 2.40. The highest BCUT2D eigenvalue weighted by molar-refractivity contribution is 5.77. The van der Waals surface area contributed by atoms with Crippen molar-refractivity contribution in [3.63, 3.8) is 0 Å². The smallest absolute Gasteiger partial charge is 0.374 e. The number of nitrogens with zero attached hydrogens (tertiary/aromatic N) is 2. The summed E-state index contributed by atoms with van der Waals surface area (Å²) in [5.74, 6) is -1.19. The molecule has 0 fully saturated rings. The number of halogens is 3. The Morgan fingerprint density at radius 1 is 1.50 bits per heavy atom. The van der Waals surface area contributed by atoms with E-state index in [1.165, 1.54) is 19.4 Å². The number of nitrogens with one attached hydrogen (secondary N) is 1. The van der Waals surface area contributed by atoms with Crippen molar-refractivity contribution in [2.75, 3.05) is 6.54 Å². The molecule has 0 aliphatic heterocycles. The molecule has 0 aliphatic rings. The summed E-state index contributed by atoms with van der Waals surface area (Å²) in [6, 6.07) is 0. The molecule has 1 aromatic heterocycles. The van der Waals surface area contributed by atoms with Crippen molar-refractivity contribution in [1.29, 1.82) is 0 Å². The van der Waals surface area contributed by atoms with E-state index in [9.17, 15) is 23.1 Å². The summed E-state index contributed by atoms with van der Waals surface area (Å²) in [5, 5.41) is 12.3. The van der Waals surface area contributed by atoms with Crippen LogP contribution >= 0.6 is 0 Å². The van der Waals surface area contributed by atoms with Gasteiger partial charge in [-0.15, -0.1) is 0 Å². The Morgan fingerprint density at radius 3 is 2.50 bits per heavy atom. The standard InChI is InChI=1S/C12H18F3N3O2/c1-8(2)9(19)16-5-4-11(20,12(13,14)15)10-17-6-7-18(10)3/h6-8,20H,4-5H2,1-3H3,(H,16,19). The Labute approximate surface area is 114 Å². The number of aromatic nitrogens is 2. The normalized spacial score (nSPS) is 15.2. The second kappa shape index (κ2) is 5.82. The number of aliphatic hydroxyl groups is 1. The van der Waals surface area contributed by atoms with Crippen molar-refractivity contribution in [3.05, 3.63) is 18.2 Å². The predicted molar refractivity (Wildman–Crippen MR) is 65.6 cm³/mol. The van der Waals surface area contributed by atoms with E-state index in [0.29, 0.717) is 0 Å². The summed E-state index contributed by atoms with van der Waals surface area (Å²) in [6.07, 6.45) is -3.08. The molecular weight excluding hydrogens is 275 g/mol. The van der Waals surface area contributed by atoms with Crippen LogP contribution < -0.4 is 5.32 Å². The average molecular weight is 293 g/mol. The number of alkyl halides is 3. The van der Waals surface area contributed by atoms with Gasteiger partial charge in [0, 0.05) is 38.3 Å². The fraction of sp³-hybridized carbons (Fsp3) is 0.667. The number of aryl methyl sites for hydroxylation is 1. The van der Waals surface area contributed by atoms with Crippen molar-refractivity contribution in [3.8, 4) is 0 Å². The molecule has 114 valence electrons. The third-order valence-electron chi connectivity index (χ3n) is 2.97. The lowest BCUT2D eigenvalue weighted by Crippen LogP contribution is -2.47. The molecule has 2 N–H and O–H groups in total. The molecule has 1 amide bonds. The van der Waals surface area contributed by atoms with E-state index >= 15 is 0 Å². The van der Waals surface area contributed by atoms with Crippen molar-refractivity contribution in [2.24, 2.45) is 13.0 Å². The number of hydrogen-bond donors (Lipinski definition) is 2. The molecule has 0 bridgehead atoms. The molecule has 0 spiro atoms. The molecule has 0 aromatic carbocycles. The summed E-state index contributed by atoms with van der Waals surface area (Å²) in [4.78, 5) is 14.9. The van der Waals surface area contributed by atoms with Crippen LogP contribution in [-0.4, -0.2) is 33.3 Å². The van der Waals surface area contributed by atoms with Crippen LogP contribution in [0.2, 0.25) is 0 Å². The molecule has 20 heavy (non-hydrogen) atoms. The van der Waals surface area contributed by atoms with E-state index < -0.39 is 24.0 Å². The van der Waals surface area contributed by atoms with Gasteiger partial charge in [0.2, 0.25) is 11.5 Å². The van der Waals surface area contributed by atoms with Crippen LogP contribution in [0.15, 0.2) is 12.4 Å². The number of amides is 1. The second-order valence-corrected chi connectivity index (χ2v) is 4.92. The van der Waals surface area contributed by atoms with E-state index in [0.717, 1.165) is 4.57 Å². The maximum absolute atomic E-state index is 13.1. The molecule has 5 nitrogen and oxygen atoms in total. The van der Waals surface area contributed by atoms with Gasteiger partial charge in [-0.3, -0.25) is 4.79 Å². The average Bonchev–Trinajstić information content (AvgIpc) is 2.73. The van der Waals surface area contributed by atoms with E-state index in [2.05, 4.69) is 10.3 Å². The minimum atomic E-state index is -4.88. The lowest BCUT2D eigenvalue weighted by atomic mass is 9.97. The van der Waals surface area contributed by atoms with Crippen molar-refractivity contribution >= 4 is 5.91 Å². The number of hydrogen-bond acceptors (Lipinski definition) is 3. The van der Waals surface area contributed by atoms with Crippen LogP contribution in [0, 0.1) is 5.92 Å². The third kappa shape index (κ3) is 3.30. The minimum Gasteiger partial charge on any atom is -0.374 e. The first-order chi connectivity index (χ1) is 9.09. The zero-order valence-corrected chi connectivity index (χ0v) is 11.5. The van der Waals surface area contributed by atoms with Crippen LogP contribution in [0.25, 0.3) is 0 Å². The molecular formula is C12H18F3N3O2. The molecule has 0 radical (unpaired) electrons. The minimum absolute atomic E-state index is 0.292. The van der Waals surface area contributed by atoms with Crippen LogP contribution in [-0.2, 0) is 17.4 Å². The van der Waals surface area contributed by atoms with Gasteiger partial charge in [0.1, 0.15) is 5.82 Å². The molecule has 1 unspecified atom stereocenters. The first kappa shape index (κ1) is 16.5. The van der Waals surface area contributed by atoms with Crippen LogP contribution in [0.1, 0.15) is 26.1 Å². The van der Waals surface area contributed by atoms with E-state index in [-0.39, 0.29) is 18.4 Å². The first-order valence-corrected chi connectivity index (χ1v) is 6.14. The molecule has 1 rings (SSSR count). The monoisotopic (exact) mass is 293 g/mol.